The van der Waals surface area contributed by atoms with Gasteiger partial charge in [-0.3, -0.25) is 14.5 Å². The summed E-state index contributed by atoms with van der Waals surface area (Å²) in [7, 11) is 0. The molecular formula is C25H19NO4. The number of hydrogen-bond donors (Lipinski definition) is 0. The molecule has 0 saturated carbocycles. The molecule has 2 aliphatic rings. The Bertz CT molecular complexity index is 1210. The number of rotatable bonds is 3. The summed E-state index contributed by atoms with van der Waals surface area (Å²) in [6.07, 6.45) is 1.87. The molecule has 0 aromatic heterocycles. The van der Waals surface area contributed by atoms with Crippen LogP contribution in [0.3, 0.4) is 0 Å². The van der Waals surface area contributed by atoms with Gasteiger partial charge in [0.25, 0.3) is 11.8 Å². The standard InChI is InChI=1S/C25H19NO4/c1-16-6-2-3-7-18(16)13-21-19-8-4-5-9-20(19)24(27)26(25(21)28)14-17-10-11-22-23(12-17)30-15-29-22/h2-13H,14-15H2,1H3. The summed E-state index contributed by atoms with van der Waals surface area (Å²) in [5, 5.41) is 0. The van der Waals surface area contributed by atoms with Crippen molar-refractivity contribution in [1.82, 2.24) is 4.90 Å². The number of benzene rings is 3. The highest BCUT2D eigenvalue weighted by atomic mass is 16.7. The van der Waals surface area contributed by atoms with Crippen molar-refractivity contribution < 1.29 is 19.1 Å². The third-order valence-corrected chi connectivity index (χ3v) is 5.43. The van der Waals surface area contributed by atoms with Crippen molar-refractivity contribution in [2.24, 2.45) is 0 Å². The van der Waals surface area contributed by atoms with E-state index in [2.05, 4.69) is 0 Å². The van der Waals surface area contributed by atoms with Gasteiger partial charge in [0.2, 0.25) is 6.79 Å². The van der Waals surface area contributed by atoms with Gasteiger partial charge in [-0.2, -0.15) is 0 Å². The largest absolute Gasteiger partial charge is 0.454 e. The molecule has 0 radical (unpaired) electrons. The Morgan fingerprint density at radius 2 is 1.60 bits per heavy atom. The number of aryl methyl sites for hydroxylation is 1. The summed E-state index contributed by atoms with van der Waals surface area (Å²) >= 11 is 0. The second-order valence-electron chi connectivity index (χ2n) is 7.34. The average molecular weight is 397 g/mol. The van der Waals surface area contributed by atoms with Crippen LogP contribution in [0.5, 0.6) is 11.5 Å². The van der Waals surface area contributed by atoms with Crippen LogP contribution < -0.4 is 9.47 Å². The van der Waals surface area contributed by atoms with Crippen molar-refractivity contribution in [2.45, 2.75) is 13.5 Å². The van der Waals surface area contributed by atoms with E-state index in [9.17, 15) is 9.59 Å². The number of hydrogen-bond acceptors (Lipinski definition) is 4. The van der Waals surface area contributed by atoms with Crippen molar-refractivity contribution >= 4 is 23.5 Å². The Morgan fingerprint density at radius 3 is 2.43 bits per heavy atom. The van der Waals surface area contributed by atoms with Gasteiger partial charge >= 0.3 is 0 Å². The molecule has 0 saturated heterocycles. The second kappa shape index (κ2) is 7.19. The van der Waals surface area contributed by atoms with Gasteiger partial charge in [-0.05, 0) is 53.5 Å². The molecular weight excluding hydrogens is 378 g/mol. The fourth-order valence-corrected chi connectivity index (χ4v) is 3.81. The maximum Gasteiger partial charge on any atom is 0.261 e. The van der Waals surface area contributed by atoms with Gasteiger partial charge in [-0.25, -0.2) is 0 Å². The lowest BCUT2D eigenvalue weighted by Gasteiger charge is -2.29. The third kappa shape index (κ3) is 3.05. The van der Waals surface area contributed by atoms with E-state index in [0.717, 1.165) is 16.7 Å². The second-order valence-corrected chi connectivity index (χ2v) is 7.34. The topological polar surface area (TPSA) is 55.8 Å². The highest BCUT2D eigenvalue weighted by Crippen LogP contribution is 2.35. The summed E-state index contributed by atoms with van der Waals surface area (Å²) in [6.45, 7) is 2.34. The number of amides is 2. The minimum atomic E-state index is -0.306. The maximum atomic E-state index is 13.4. The van der Waals surface area contributed by atoms with Crippen LogP contribution in [-0.2, 0) is 11.3 Å². The van der Waals surface area contributed by atoms with Crippen LogP contribution in [0.25, 0.3) is 11.6 Å². The lowest BCUT2D eigenvalue weighted by atomic mass is 9.91. The van der Waals surface area contributed by atoms with Crippen molar-refractivity contribution in [3.8, 4) is 11.5 Å². The smallest absolute Gasteiger partial charge is 0.261 e. The number of ether oxygens (including phenoxy) is 2. The number of carbonyl (C=O) groups excluding carboxylic acids is 2. The van der Waals surface area contributed by atoms with E-state index in [4.69, 9.17) is 9.47 Å². The predicted octanol–water partition coefficient (Wildman–Crippen LogP) is 4.45. The van der Waals surface area contributed by atoms with Crippen LogP contribution in [-0.4, -0.2) is 23.5 Å². The van der Waals surface area contributed by atoms with Crippen LogP contribution in [0.1, 0.15) is 32.6 Å². The number of nitrogens with zero attached hydrogens (tertiary/aromatic N) is 1. The van der Waals surface area contributed by atoms with Crippen LogP contribution in [0.4, 0.5) is 0 Å². The molecule has 5 heteroatoms. The van der Waals surface area contributed by atoms with Gasteiger partial charge in [0.05, 0.1) is 6.54 Å². The van der Waals surface area contributed by atoms with Gasteiger partial charge in [-0.1, -0.05) is 48.5 Å². The average Bonchev–Trinajstić information content (AvgIpc) is 3.23. The molecule has 2 heterocycles. The van der Waals surface area contributed by atoms with E-state index < -0.39 is 0 Å². The Balaban J connectivity index is 1.57. The highest BCUT2D eigenvalue weighted by Gasteiger charge is 2.34. The van der Waals surface area contributed by atoms with Gasteiger partial charge in [-0.15, -0.1) is 0 Å². The molecule has 0 bridgehead atoms. The molecule has 3 aromatic carbocycles. The molecule has 5 nitrogen and oxygen atoms in total. The summed E-state index contributed by atoms with van der Waals surface area (Å²) < 4.78 is 10.8. The molecule has 0 spiro atoms. The van der Waals surface area contributed by atoms with Crippen molar-refractivity contribution in [3.05, 3.63) is 94.5 Å². The zero-order valence-corrected chi connectivity index (χ0v) is 16.4. The van der Waals surface area contributed by atoms with E-state index >= 15 is 0 Å². The fourth-order valence-electron chi connectivity index (χ4n) is 3.81. The Hall–Kier alpha value is -3.86. The summed E-state index contributed by atoms with van der Waals surface area (Å²) in [5.41, 5.74) is 4.52. The SMILES string of the molecule is Cc1ccccc1C=C1C(=O)N(Cc2ccc3c(c2)OCO3)C(=O)c2ccccc21. The van der Waals surface area contributed by atoms with Crippen LogP contribution in [0.15, 0.2) is 66.7 Å². The zero-order chi connectivity index (χ0) is 20.7. The summed E-state index contributed by atoms with van der Waals surface area (Å²) in [6, 6.07) is 20.6. The van der Waals surface area contributed by atoms with E-state index in [1.807, 2.05) is 67.6 Å². The minimum absolute atomic E-state index is 0.160. The number of imide groups is 1. The van der Waals surface area contributed by atoms with E-state index in [1.54, 1.807) is 12.1 Å². The van der Waals surface area contributed by atoms with E-state index in [1.165, 1.54) is 4.90 Å². The van der Waals surface area contributed by atoms with Crippen LogP contribution in [0.2, 0.25) is 0 Å². The molecule has 3 aromatic rings. The monoisotopic (exact) mass is 397 g/mol. The van der Waals surface area contributed by atoms with Gasteiger partial charge in [0.15, 0.2) is 11.5 Å². The maximum absolute atomic E-state index is 13.4. The first-order valence-corrected chi connectivity index (χ1v) is 9.73. The molecule has 148 valence electrons. The first kappa shape index (κ1) is 18.2. The zero-order valence-electron chi connectivity index (χ0n) is 16.4. The first-order chi connectivity index (χ1) is 14.6. The quantitative estimate of drug-likeness (QED) is 0.484. The van der Waals surface area contributed by atoms with Crippen molar-refractivity contribution in [3.63, 3.8) is 0 Å². The van der Waals surface area contributed by atoms with Gasteiger partial charge < -0.3 is 9.47 Å². The Kier molecular flexibility index (Phi) is 4.36. The normalized spacial score (nSPS) is 16.2. The molecule has 0 atom stereocenters. The minimum Gasteiger partial charge on any atom is -0.454 e. The molecule has 2 amide bonds. The van der Waals surface area contributed by atoms with Crippen molar-refractivity contribution in [1.29, 1.82) is 0 Å². The molecule has 0 fully saturated rings. The van der Waals surface area contributed by atoms with Gasteiger partial charge in [0, 0.05) is 11.1 Å². The third-order valence-electron chi connectivity index (χ3n) is 5.43. The summed E-state index contributed by atoms with van der Waals surface area (Å²) in [4.78, 5) is 27.9. The predicted molar refractivity (Wildman–Crippen MR) is 113 cm³/mol. The van der Waals surface area contributed by atoms with E-state index in [0.29, 0.717) is 28.2 Å². The lowest BCUT2D eigenvalue weighted by Crippen LogP contribution is -2.41. The lowest BCUT2D eigenvalue weighted by molar-refractivity contribution is -0.123. The molecule has 2 aliphatic heterocycles. The van der Waals surface area contributed by atoms with Crippen molar-refractivity contribution in [2.75, 3.05) is 6.79 Å². The number of fused-ring (bicyclic) bond motifs is 2. The number of carbonyl (C=O) groups is 2. The van der Waals surface area contributed by atoms with Crippen LogP contribution in [0, 0.1) is 6.92 Å². The van der Waals surface area contributed by atoms with E-state index in [-0.39, 0.29) is 25.2 Å². The molecule has 0 aliphatic carbocycles. The fraction of sp³-hybridized carbons (Fsp3) is 0.120. The van der Waals surface area contributed by atoms with Crippen LogP contribution >= 0.6 is 0 Å². The molecule has 30 heavy (non-hydrogen) atoms. The first-order valence-electron chi connectivity index (χ1n) is 9.73. The molecule has 5 rings (SSSR count). The van der Waals surface area contributed by atoms with Gasteiger partial charge in [0.1, 0.15) is 0 Å². The Labute approximate surface area is 174 Å². The summed E-state index contributed by atoms with van der Waals surface area (Å²) in [5.74, 6) is 0.691. The molecule has 0 N–H and O–H groups in total. The molecule has 0 unspecified atom stereocenters. The Morgan fingerprint density at radius 1 is 0.867 bits per heavy atom. The highest BCUT2D eigenvalue weighted by molar-refractivity contribution is 6.33.